The predicted molar refractivity (Wildman–Crippen MR) is 118 cm³/mol. The number of carboxylic acid groups (broad SMARTS) is 1. The Hall–Kier alpha value is -2.75. The second-order valence-electron chi connectivity index (χ2n) is 8.16. The van der Waals surface area contributed by atoms with Gasteiger partial charge in [0.1, 0.15) is 0 Å². The molecule has 2 heterocycles. The highest BCUT2D eigenvalue weighted by atomic mass is 16.4. The molecule has 3 rings (SSSR count). The smallest absolute Gasteiger partial charge is 0.328 e. The lowest BCUT2D eigenvalue weighted by atomic mass is 9.79. The second-order valence-corrected chi connectivity index (χ2v) is 8.16. The Balaban J connectivity index is 2.05. The molecule has 4 nitrogen and oxygen atoms in total. The van der Waals surface area contributed by atoms with Crippen molar-refractivity contribution in [3.63, 3.8) is 0 Å². The highest BCUT2D eigenvalue weighted by Gasteiger charge is 2.30. The maximum atomic E-state index is 10.8. The molecule has 0 saturated carbocycles. The van der Waals surface area contributed by atoms with E-state index in [-0.39, 0.29) is 5.41 Å². The van der Waals surface area contributed by atoms with Gasteiger partial charge in [0.05, 0.1) is 0 Å². The van der Waals surface area contributed by atoms with Gasteiger partial charge < -0.3 is 14.9 Å². The molecular formula is C24H30N2O2. The molecule has 1 N–H and O–H groups in total. The minimum atomic E-state index is -0.915. The molecule has 0 amide bonds. The maximum absolute atomic E-state index is 10.8. The topological polar surface area (TPSA) is 43.8 Å². The van der Waals surface area contributed by atoms with E-state index >= 15 is 0 Å². The van der Waals surface area contributed by atoms with Crippen molar-refractivity contribution in [3.05, 3.63) is 65.4 Å². The summed E-state index contributed by atoms with van der Waals surface area (Å²) in [5, 5.41) is 8.85. The van der Waals surface area contributed by atoms with Crippen LogP contribution < -0.4 is 9.80 Å². The van der Waals surface area contributed by atoms with Crippen molar-refractivity contribution < 1.29 is 9.90 Å². The molecule has 4 heteroatoms. The van der Waals surface area contributed by atoms with Crippen molar-refractivity contribution >= 4 is 22.9 Å². The first-order valence-corrected chi connectivity index (χ1v) is 9.87. The quantitative estimate of drug-likeness (QED) is 0.583. The van der Waals surface area contributed by atoms with E-state index in [0.29, 0.717) is 0 Å². The summed E-state index contributed by atoms with van der Waals surface area (Å²) >= 11 is 0. The lowest BCUT2D eigenvalue weighted by Gasteiger charge is -2.38. The summed E-state index contributed by atoms with van der Waals surface area (Å²) in [6, 6.07) is 4.68. The molecule has 1 aromatic rings. The minimum Gasteiger partial charge on any atom is -0.478 e. The van der Waals surface area contributed by atoms with Crippen molar-refractivity contribution in [2.24, 2.45) is 0 Å². The van der Waals surface area contributed by atoms with E-state index < -0.39 is 5.97 Å². The summed E-state index contributed by atoms with van der Waals surface area (Å²) in [4.78, 5) is 15.4. The van der Waals surface area contributed by atoms with Crippen molar-refractivity contribution in [2.75, 3.05) is 29.9 Å². The van der Waals surface area contributed by atoms with Crippen LogP contribution in [0.4, 0.5) is 11.4 Å². The van der Waals surface area contributed by atoms with Crippen LogP contribution in [0.15, 0.2) is 54.3 Å². The molecule has 148 valence electrons. The Morgan fingerprint density at radius 3 is 2.71 bits per heavy atom. The van der Waals surface area contributed by atoms with Crippen molar-refractivity contribution in [1.29, 1.82) is 0 Å². The van der Waals surface area contributed by atoms with Crippen LogP contribution in [-0.2, 0) is 10.2 Å². The number of carbonyl (C=O) groups is 1. The fourth-order valence-electron chi connectivity index (χ4n) is 3.90. The third kappa shape index (κ3) is 3.91. The number of benzene rings is 1. The molecule has 0 radical (unpaired) electrons. The fourth-order valence-corrected chi connectivity index (χ4v) is 3.90. The van der Waals surface area contributed by atoms with Gasteiger partial charge >= 0.3 is 5.97 Å². The second kappa shape index (κ2) is 7.70. The number of nitrogens with zero attached hydrogens (tertiary/aromatic N) is 2. The Kier molecular flexibility index (Phi) is 5.50. The average molecular weight is 379 g/mol. The number of anilines is 2. The van der Waals surface area contributed by atoms with Crippen molar-refractivity contribution in [1.82, 2.24) is 0 Å². The van der Waals surface area contributed by atoms with Crippen LogP contribution in [0.3, 0.4) is 0 Å². The maximum Gasteiger partial charge on any atom is 0.328 e. The number of carboxylic acids is 1. The fraction of sp³-hybridized carbons (Fsp3) is 0.375. The Labute approximate surface area is 168 Å². The molecule has 0 saturated heterocycles. The predicted octanol–water partition coefficient (Wildman–Crippen LogP) is 5.13. The van der Waals surface area contributed by atoms with E-state index in [0.717, 1.165) is 25.1 Å². The zero-order valence-corrected chi connectivity index (χ0v) is 17.5. The number of aliphatic carboxylic acids is 1. The summed E-state index contributed by atoms with van der Waals surface area (Å²) < 4.78 is 0. The zero-order chi connectivity index (χ0) is 20.5. The average Bonchev–Trinajstić information content (AvgIpc) is 2.62. The van der Waals surface area contributed by atoms with Crippen molar-refractivity contribution in [2.45, 2.75) is 39.5 Å². The van der Waals surface area contributed by atoms with Crippen LogP contribution in [0.1, 0.15) is 45.2 Å². The summed E-state index contributed by atoms with van der Waals surface area (Å²) in [6.07, 6.45) is 12.6. The molecule has 0 fully saturated rings. The Morgan fingerprint density at radius 1 is 1.29 bits per heavy atom. The van der Waals surface area contributed by atoms with E-state index in [4.69, 9.17) is 5.11 Å². The van der Waals surface area contributed by atoms with Gasteiger partial charge in [-0.15, -0.1) is 0 Å². The summed E-state index contributed by atoms with van der Waals surface area (Å²) in [6.45, 7) is 10.4. The molecule has 0 aliphatic carbocycles. The van der Waals surface area contributed by atoms with E-state index in [1.165, 1.54) is 34.2 Å². The standard InChI is InChI=1S/C24H30N2O2/c1-6-26-13-11-24(3,4)20-16-21-19(15-22(20)26)18(10-12-25(21)5)9-7-8-17(2)14-23(27)28/h7-9,11,13-16H,6,10,12H2,1-5H3,(H,27,28). The first kappa shape index (κ1) is 20.0. The summed E-state index contributed by atoms with van der Waals surface area (Å²) in [5.74, 6) is -0.915. The van der Waals surface area contributed by atoms with E-state index in [1.54, 1.807) is 6.92 Å². The van der Waals surface area contributed by atoms with Gasteiger partial charge in [0.15, 0.2) is 0 Å². The lowest BCUT2D eigenvalue weighted by Crippen LogP contribution is -2.30. The number of fused-ring (bicyclic) bond motifs is 2. The van der Waals surface area contributed by atoms with Crippen LogP contribution >= 0.6 is 0 Å². The molecule has 2 aliphatic rings. The molecular weight excluding hydrogens is 348 g/mol. The van der Waals surface area contributed by atoms with E-state index in [2.05, 4.69) is 68.1 Å². The summed E-state index contributed by atoms with van der Waals surface area (Å²) in [7, 11) is 2.15. The van der Waals surface area contributed by atoms with Crippen molar-refractivity contribution in [3.8, 4) is 0 Å². The van der Waals surface area contributed by atoms with Crippen LogP contribution in [0.5, 0.6) is 0 Å². The first-order valence-electron chi connectivity index (χ1n) is 9.87. The monoisotopic (exact) mass is 378 g/mol. The first-order chi connectivity index (χ1) is 13.2. The Morgan fingerprint density at radius 2 is 2.04 bits per heavy atom. The van der Waals surface area contributed by atoms with Gasteiger partial charge in [-0.2, -0.15) is 0 Å². The molecule has 0 spiro atoms. The third-order valence-corrected chi connectivity index (χ3v) is 5.61. The molecule has 0 unspecified atom stereocenters. The third-order valence-electron chi connectivity index (χ3n) is 5.61. The number of hydrogen-bond donors (Lipinski definition) is 1. The van der Waals surface area contributed by atoms with Crippen LogP contribution in [0, 0.1) is 0 Å². The Bertz CT molecular complexity index is 903. The van der Waals surface area contributed by atoms with Gasteiger partial charge in [-0.25, -0.2) is 4.79 Å². The van der Waals surface area contributed by atoms with Crippen LogP contribution in [-0.4, -0.2) is 31.2 Å². The molecule has 0 atom stereocenters. The van der Waals surface area contributed by atoms with Gasteiger partial charge in [0.2, 0.25) is 0 Å². The largest absolute Gasteiger partial charge is 0.478 e. The SMILES string of the molecule is CCN1C=CC(C)(C)c2cc3c(cc21)C(=CC=CC(C)=CC(=O)O)CCN3C. The van der Waals surface area contributed by atoms with Gasteiger partial charge in [-0.1, -0.05) is 38.2 Å². The molecule has 0 aromatic heterocycles. The zero-order valence-electron chi connectivity index (χ0n) is 17.5. The van der Waals surface area contributed by atoms with Crippen LogP contribution in [0.25, 0.3) is 5.57 Å². The number of rotatable bonds is 4. The lowest BCUT2D eigenvalue weighted by molar-refractivity contribution is -0.131. The highest BCUT2D eigenvalue weighted by Crippen LogP contribution is 2.45. The van der Waals surface area contributed by atoms with Gasteiger partial charge in [0, 0.05) is 54.8 Å². The van der Waals surface area contributed by atoms with E-state index in [9.17, 15) is 4.79 Å². The number of hydrogen-bond acceptors (Lipinski definition) is 3. The normalized spacial score (nSPS) is 19.9. The highest BCUT2D eigenvalue weighted by molar-refractivity contribution is 5.85. The minimum absolute atomic E-state index is 0.0108. The summed E-state index contributed by atoms with van der Waals surface area (Å²) in [5.41, 5.74) is 7.20. The molecule has 0 bridgehead atoms. The molecule has 2 aliphatic heterocycles. The van der Waals surface area contributed by atoms with Gasteiger partial charge in [0.25, 0.3) is 0 Å². The number of allylic oxidation sites excluding steroid dienone is 5. The van der Waals surface area contributed by atoms with Gasteiger partial charge in [-0.3, -0.25) is 0 Å². The molecule has 28 heavy (non-hydrogen) atoms. The van der Waals surface area contributed by atoms with Gasteiger partial charge in [-0.05, 0) is 49.1 Å². The van der Waals surface area contributed by atoms with E-state index in [1.807, 2.05) is 12.2 Å². The van der Waals surface area contributed by atoms with Crippen LogP contribution in [0.2, 0.25) is 0 Å². The molecule has 1 aromatic carbocycles.